The zero-order valence-electron chi connectivity index (χ0n) is 8.76. The van der Waals surface area contributed by atoms with E-state index in [1.165, 1.54) is 12.1 Å². The van der Waals surface area contributed by atoms with Crippen LogP contribution in [0.15, 0.2) is 23.1 Å². The number of aromatic nitrogens is 1. The van der Waals surface area contributed by atoms with Crippen LogP contribution in [0.3, 0.4) is 0 Å². The van der Waals surface area contributed by atoms with Crippen molar-refractivity contribution in [2.24, 2.45) is 0 Å². The van der Waals surface area contributed by atoms with Crippen LogP contribution in [0.5, 0.6) is 0 Å². The Morgan fingerprint density at radius 3 is 3.12 bits per heavy atom. The van der Waals surface area contributed by atoms with Gasteiger partial charge in [-0.1, -0.05) is 0 Å². The highest BCUT2D eigenvalue weighted by atomic mass is 16.5. The van der Waals surface area contributed by atoms with Gasteiger partial charge in [0.1, 0.15) is 5.69 Å². The second kappa shape index (κ2) is 3.45. The highest BCUT2D eigenvalue weighted by molar-refractivity contribution is 5.93. The van der Waals surface area contributed by atoms with Crippen molar-refractivity contribution in [1.82, 2.24) is 9.47 Å². The van der Waals surface area contributed by atoms with E-state index in [1.807, 2.05) is 0 Å². The number of pyridine rings is 1. The van der Waals surface area contributed by atoms with Gasteiger partial charge in [0.15, 0.2) is 11.7 Å². The average Bonchev–Trinajstić information content (AvgIpc) is 2.31. The number of amides is 1. The van der Waals surface area contributed by atoms with E-state index in [0.717, 1.165) is 6.42 Å². The molecule has 1 saturated heterocycles. The van der Waals surface area contributed by atoms with Crippen molar-refractivity contribution in [3.63, 3.8) is 0 Å². The molecule has 1 aromatic heterocycles. The highest BCUT2D eigenvalue weighted by Crippen LogP contribution is 2.20. The molecule has 0 saturated carbocycles. The van der Waals surface area contributed by atoms with Crippen LogP contribution in [0.4, 0.5) is 0 Å². The lowest BCUT2D eigenvalue weighted by Crippen LogP contribution is -2.53. The molecule has 1 fully saturated rings. The quantitative estimate of drug-likeness (QED) is 0.620. The van der Waals surface area contributed by atoms with Gasteiger partial charge in [-0.2, -0.15) is 0 Å². The predicted molar refractivity (Wildman–Crippen MR) is 56.1 cm³/mol. The molecule has 0 spiro atoms. The van der Waals surface area contributed by atoms with E-state index in [-0.39, 0.29) is 17.6 Å². The number of rotatable bonds is 0. The maximum Gasteiger partial charge on any atom is 0.272 e. The Labute approximate surface area is 92.2 Å². The van der Waals surface area contributed by atoms with E-state index in [2.05, 4.69) is 0 Å². The maximum atomic E-state index is 12.1. The summed E-state index contributed by atoms with van der Waals surface area (Å²) in [6.07, 6.45) is 2.35. The average molecular weight is 220 g/mol. The molecule has 5 heteroatoms. The fourth-order valence-electron chi connectivity index (χ4n) is 2.24. The number of fused-ring (bicyclic) bond motifs is 2. The van der Waals surface area contributed by atoms with Crippen molar-refractivity contribution in [1.29, 1.82) is 0 Å². The first-order chi connectivity index (χ1) is 7.75. The zero-order chi connectivity index (χ0) is 11.1. The SMILES string of the molecule is O=C1c2cc(=O)ccn2C[C@@H]2OCCCN12. The molecule has 1 atom stereocenters. The van der Waals surface area contributed by atoms with Gasteiger partial charge < -0.3 is 14.2 Å². The number of hydrogen-bond donors (Lipinski definition) is 0. The van der Waals surface area contributed by atoms with Crippen molar-refractivity contribution in [2.75, 3.05) is 13.2 Å². The summed E-state index contributed by atoms with van der Waals surface area (Å²) < 4.78 is 7.33. The summed E-state index contributed by atoms with van der Waals surface area (Å²) in [7, 11) is 0. The van der Waals surface area contributed by atoms with Gasteiger partial charge in [0.2, 0.25) is 0 Å². The Bertz CT molecular complexity index is 494. The van der Waals surface area contributed by atoms with Gasteiger partial charge in [0, 0.05) is 24.9 Å². The molecule has 84 valence electrons. The van der Waals surface area contributed by atoms with Crippen molar-refractivity contribution in [3.8, 4) is 0 Å². The number of carbonyl (C=O) groups excluding carboxylic acids is 1. The normalized spacial score (nSPS) is 23.9. The molecule has 3 rings (SSSR count). The van der Waals surface area contributed by atoms with Gasteiger partial charge in [-0.15, -0.1) is 0 Å². The minimum Gasteiger partial charge on any atom is -0.356 e. The van der Waals surface area contributed by atoms with Crippen LogP contribution in [0.2, 0.25) is 0 Å². The molecule has 5 nitrogen and oxygen atoms in total. The summed E-state index contributed by atoms with van der Waals surface area (Å²) in [6, 6.07) is 2.86. The van der Waals surface area contributed by atoms with Gasteiger partial charge in [-0.05, 0) is 6.42 Å². The molecule has 0 aliphatic carbocycles. The van der Waals surface area contributed by atoms with Gasteiger partial charge in [-0.25, -0.2) is 0 Å². The summed E-state index contributed by atoms with van der Waals surface area (Å²) in [5.41, 5.74) is 0.338. The predicted octanol–water partition coefficient (Wildman–Crippen LogP) is 0.0505. The lowest BCUT2D eigenvalue weighted by molar-refractivity contribution is -0.0917. The Morgan fingerprint density at radius 1 is 1.38 bits per heavy atom. The maximum absolute atomic E-state index is 12.1. The van der Waals surface area contributed by atoms with Crippen molar-refractivity contribution in [3.05, 3.63) is 34.2 Å². The van der Waals surface area contributed by atoms with Crippen LogP contribution in [0.25, 0.3) is 0 Å². The first-order valence-corrected chi connectivity index (χ1v) is 5.39. The van der Waals surface area contributed by atoms with Crippen molar-refractivity contribution < 1.29 is 9.53 Å². The summed E-state index contributed by atoms with van der Waals surface area (Å²) in [6.45, 7) is 2.03. The van der Waals surface area contributed by atoms with Gasteiger partial charge in [-0.3, -0.25) is 9.59 Å². The molecule has 16 heavy (non-hydrogen) atoms. The summed E-state index contributed by atoms with van der Waals surface area (Å²) in [4.78, 5) is 25.0. The summed E-state index contributed by atoms with van der Waals surface area (Å²) in [5, 5.41) is 0. The minimum absolute atomic E-state index is 0.103. The molecule has 2 aliphatic rings. The van der Waals surface area contributed by atoms with Crippen LogP contribution in [0.1, 0.15) is 16.9 Å². The summed E-state index contributed by atoms with van der Waals surface area (Å²) >= 11 is 0. The fraction of sp³-hybridized carbons (Fsp3) is 0.455. The number of nitrogens with zero attached hydrogens (tertiary/aromatic N) is 2. The fourth-order valence-corrected chi connectivity index (χ4v) is 2.24. The third-order valence-electron chi connectivity index (χ3n) is 3.04. The monoisotopic (exact) mass is 220 g/mol. The molecule has 1 aromatic rings. The van der Waals surface area contributed by atoms with Crippen LogP contribution >= 0.6 is 0 Å². The Kier molecular flexibility index (Phi) is 2.07. The molecule has 3 heterocycles. The van der Waals surface area contributed by atoms with E-state index < -0.39 is 0 Å². The Balaban J connectivity index is 2.06. The molecule has 0 N–H and O–H groups in total. The molecular formula is C11H12N2O3. The number of hydrogen-bond acceptors (Lipinski definition) is 3. The molecule has 0 unspecified atom stereocenters. The lowest BCUT2D eigenvalue weighted by atomic mass is 10.2. The smallest absolute Gasteiger partial charge is 0.272 e. The number of carbonyl (C=O) groups is 1. The van der Waals surface area contributed by atoms with E-state index >= 15 is 0 Å². The van der Waals surface area contributed by atoms with Gasteiger partial charge in [0.05, 0.1) is 13.2 Å². The third-order valence-corrected chi connectivity index (χ3v) is 3.04. The van der Waals surface area contributed by atoms with E-state index in [1.54, 1.807) is 15.7 Å². The van der Waals surface area contributed by atoms with E-state index in [0.29, 0.717) is 25.4 Å². The standard InChI is InChI=1S/C11H12N2O3/c14-8-2-4-12-7-10-13(3-1-5-16-10)11(15)9(12)6-8/h2,4,6,10H,1,3,5,7H2/t10-/m0/s1. The van der Waals surface area contributed by atoms with Crippen molar-refractivity contribution in [2.45, 2.75) is 19.2 Å². The summed E-state index contributed by atoms with van der Waals surface area (Å²) in [5.74, 6) is -0.103. The highest BCUT2D eigenvalue weighted by Gasteiger charge is 2.34. The largest absolute Gasteiger partial charge is 0.356 e. The molecular weight excluding hydrogens is 208 g/mol. The van der Waals surface area contributed by atoms with Crippen LogP contribution in [-0.2, 0) is 11.3 Å². The molecule has 1 amide bonds. The number of ether oxygens (including phenoxy) is 1. The second-order valence-corrected chi connectivity index (χ2v) is 4.08. The molecule has 2 aliphatic heterocycles. The Morgan fingerprint density at radius 2 is 2.25 bits per heavy atom. The van der Waals surface area contributed by atoms with Gasteiger partial charge in [0.25, 0.3) is 5.91 Å². The van der Waals surface area contributed by atoms with Crippen molar-refractivity contribution >= 4 is 5.91 Å². The van der Waals surface area contributed by atoms with Crippen LogP contribution in [0, 0.1) is 0 Å². The lowest BCUT2D eigenvalue weighted by Gasteiger charge is -2.40. The zero-order valence-corrected chi connectivity index (χ0v) is 8.76. The molecule has 0 aromatic carbocycles. The first-order valence-electron chi connectivity index (χ1n) is 5.39. The Hall–Kier alpha value is -1.62. The van der Waals surface area contributed by atoms with E-state index in [4.69, 9.17) is 4.74 Å². The first kappa shape index (κ1) is 9.59. The van der Waals surface area contributed by atoms with Crippen LogP contribution in [-0.4, -0.2) is 34.8 Å². The second-order valence-electron chi connectivity index (χ2n) is 4.08. The minimum atomic E-state index is -0.170. The third kappa shape index (κ3) is 1.36. The molecule has 0 radical (unpaired) electrons. The topological polar surface area (TPSA) is 51.5 Å². The van der Waals surface area contributed by atoms with E-state index in [9.17, 15) is 9.59 Å². The molecule has 0 bridgehead atoms. The van der Waals surface area contributed by atoms with Crippen LogP contribution < -0.4 is 5.43 Å². The van der Waals surface area contributed by atoms with Gasteiger partial charge >= 0.3 is 0 Å².